The number of amides is 1. The molecule has 1 heterocycles. The Hall–Kier alpha value is -2.40. The van der Waals surface area contributed by atoms with E-state index in [4.69, 9.17) is 0 Å². The van der Waals surface area contributed by atoms with Gasteiger partial charge in [-0.25, -0.2) is 9.97 Å². The minimum atomic E-state index is -0.271. The fraction of sp³-hybridized carbons (Fsp3) is 0.318. The Morgan fingerprint density at radius 1 is 1.07 bits per heavy atom. The van der Waals surface area contributed by atoms with E-state index in [2.05, 4.69) is 35.2 Å². The van der Waals surface area contributed by atoms with Gasteiger partial charge in [0.1, 0.15) is 10.9 Å². The lowest BCUT2D eigenvalue weighted by Crippen LogP contribution is -2.23. The average molecular weight is 380 g/mol. The van der Waals surface area contributed by atoms with E-state index < -0.39 is 0 Å². The quantitative estimate of drug-likeness (QED) is 0.449. The zero-order chi connectivity index (χ0) is 19.4. The Morgan fingerprint density at radius 3 is 2.56 bits per heavy atom. The monoisotopic (exact) mass is 379 g/mol. The second kappa shape index (κ2) is 8.53. The van der Waals surface area contributed by atoms with E-state index in [0.717, 1.165) is 28.0 Å². The SMILES string of the molecule is CC[C@@H](C)c1ccccc1NC(=O)[C@H](C)Sc1nc(C)nc2ccccc12. The van der Waals surface area contributed by atoms with Gasteiger partial charge in [0.25, 0.3) is 0 Å². The summed E-state index contributed by atoms with van der Waals surface area (Å²) in [5, 5.41) is 4.66. The highest BCUT2D eigenvalue weighted by molar-refractivity contribution is 8.00. The maximum absolute atomic E-state index is 12.8. The molecule has 5 heteroatoms. The van der Waals surface area contributed by atoms with E-state index >= 15 is 0 Å². The Kier molecular flexibility index (Phi) is 6.11. The Labute approximate surface area is 164 Å². The minimum Gasteiger partial charge on any atom is -0.325 e. The van der Waals surface area contributed by atoms with E-state index in [1.165, 1.54) is 17.3 Å². The fourth-order valence-electron chi connectivity index (χ4n) is 2.96. The predicted octanol–water partition coefficient (Wildman–Crippen LogP) is 5.57. The summed E-state index contributed by atoms with van der Waals surface area (Å²) in [6.07, 6.45) is 1.03. The molecule has 0 saturated carbocycles. The maximum atomic E-state index is 12.8. The molecule has 1 aromatic heterocycles. The summed E-state index contributed by atoms with van der Waals surface area (Å²) in [4.78, 5) is 21.9. The lowest BCUT2D eigenvalue weighted by atomic mass is 9.97. The number of fused-ring (bicyclic) bond motifs is 1. The number of hydrogen-bond donors (Lipinski definition) is 1. The summed E-state index contributed by atoms with van der Waals surface area (Å²) in [7, 11) is 0. The fourth-order valence-corrected chi connectivity index (χ4v) is 3.95. The Morgan fingerprint density at radius 2 is 1.78 bits per heavy atom. The van der Waals surface area contributed by atoms with Crippen molar-refractivity contribution < 1.29 is 4.79 Å². The number of thioether (sulfide) groups is 1. The maximum Gasteiger partial charge on any atom is 0.237 e. The van der Waals surface area contributed by atoms with Gasteiger partial charge < -0.3 is 5.32 Å². The molecule has 2 atom stereocenters. The summed E-state index contributed by atoms with van der Waals surface area (Å²) in [6.45, 7) is 8.13. The standard InChI is InChI=1S/C22H25N3OS/c1-5-14(2)17-10-6-8-12-19(17)25-21(26)15(3)27-22-18-11-7-9-13-20(18)23-16(4)24-22/h6-15H,5H2,1-4H3,(H,25,26)/t14-,15+/m1/s1. The van der Waals surface area contributed by atoms with Gasteiger partial charge in [0.15, 0.2) is 0 Å². The number of nitrogens with zero attached hydrogens (tertiary/aromatic N) is 2. The van der Waals surface area contributed by atoms with Gasteiger partial charge in [-0.15, -0.1) is 0 Å². The third-order valence-electron chi connectivity index (χ3n) is 4.70. The second-order valence-electron chi connectivity index (χ2n) is 6.74. The molecule has 140 valence electrons. The summed E-state index contributed by atoms with van der Waals surface area (Å²) >= 11 is 1.47. The summed E-state index contributed by atoms with van der Waals surface area (Å²) in [6, 6.07) is 15.9. The zero-order valence-electron chi connectivity index (χ0n) is 16.2. The molecule has 4 nitrogen and oxygen atoms in total. The lowest BCUT2D eigenvalue weighted by molar-refractivity contribution is -0.115. The molecule has 27 heavy (non-hydrogen) atoms. The molecule has 3 rings (SSSR count). The van der Waals surface area contributed by atoms with Crippen LogP contribution in [0.15, 0.2) is 53.6 Å². The molecular weight excluding hydrogens is 354 g/mol. The van der Waals surface area contributed by atoms with E-state index in [1.807, 2.05) is 56.3 Å². The molecule has 0 unspecified atom stereocenters. The average Bonchev–Trinajstić information content (AvgIpc) is 2.67. The number of carbonyl (C=O) groups excluding carboxylic acids is 1. The molecule has 1 N–H and O–H groups in total. The predicted molar refractivity (Wildman–Crippen MR) is 113 cm³/mol. The number of nitrogens with one attached hydrogen (secondary N) is 1. The molecule has 3 aromatic rings. The van der Waals surface area contributed by atoms with E-state index in [1.54, 1.807) is 0 Å². The van der Waals surface area contributed by atoms with Gasteiger partial charge in [-0.2, -0.15) is 0 Å². The van der Waals surface area contributed by atoms with E-state index in [-0.39, 0.29) is 11.2 Å². The first-order chi connectivity index (χ1) is 13.0. The van der Waals surface area contributed by atoms with Crippen molar-refractivity contribution in [2.45, 2.75) is 50.3 Å². The van der Waals surface area contributed by atoms with Crippen LogP contribution in [0.3, 0.4) is 0 Å². The summed E-state index contributed by atoms with van der Waals surface area (Å²) < 4.78 is 0. The van der Waals surface area contributed by atoms with Crippen molar-refractivity contribution in [1.82, 2.24) is 9.97 Å². The van der Waals surface area contributed by atoms with Gasteiger partial charge >= 0.3 is 0 Å². The van der Waals surface area contributed by atoms with Crippen LogP contribution in [0.25, 0.3) is 10.9 Å². The molecular formula is C22H25N3OS. The van der Waals surface area contributed by atoms with Gasteiger partial charge in [-0.05, 0) is 43.9 Å². The van der Waals surface area contributed by atoms with Crippen LogP contribution in [0.1, 0.15) is 44.5 Å². The third-order valence-corrected chi connectivity index (χ3v) is 5.80. The molecule has 0 fully saturated rings. The number of para-hydroxylation sites is 2. The van der Waals surface area contributed by atoms with Crippen molar-refractivity contribution in [3.8, 4) is 0 Å². The van der Waals surface area contributed by atoms with Crippen LogP contribution in [0, 0.1) is 6.92 Å². The van der Waals surface area contributed by atoms with Crippen LogP contribution in [0.5, 0.6) is 0 Å². The molecule has 0 aliphatic carbocycles. The van der Waals surface area contributed by atoms with Gasteiger partial charge in [0, 0.05) is 11.1 Å². The number of hydrogen-bond acceptors (Lipinski definition) is 4. The van der Waals surface area contributed by atoms with Gasteiger partial charge in [-0.3, -0.25) is 4.79 Å². The Balaban J connectivity index is 1.80. The number of aromatic nitrogens is 2. The molecule has 0 saturated heterocycles. The Bertz CT molecular complexity index is 957. The van der Waals surface area contributed by atoms with Crippen molar-refractivity contribution in [3.05, 3.63) is 59.9 Å². The van der Waals surface area contributed by atoms with Crippen molar-refractivity contribution >= 4 is 34.3 Å². The van der Waals surface area contributed by atoms with Crippen LogP contribution in [-0.4, -0.2) is 21.1 Å². The smallest absolute Gasteiger partial charge is 0.237 e. The first-order valence-corrected chi connectivity index (χ1v) is 10.2. The van der Waals surface area contributed by atoms with Crippen LogP contribution >= 0.6 is 11.8 Å². The highest BCUT2D eigenvalue weighted by Gasteiger charge is 2.19. The lowest BCUT2D eigenvalue weighted by Gasteiger charge is -2.18. The molecule has 0 spiro atoms. The molecule has 1 amide bonds. The number of carbonyl (C=O) groups is 1. The van der Waals surface area contributed by atoms with Crippen LogP contribution in [0.4, 0.5) is 5.69 Å². The number of benzene rings is 2. The number of aryl methyl sites for hydroxylation is 1. The van der Waals surface area contributed by atoms with Crippen molar-refractivity contribution in [1.29, 1.82) is 0 Å². The van der Waals surface area contributed by atoms with Gasteiger partial charge in [0.2, 0.25) is 5.91 Å². The highest BCUT2D eigenvalue weighted by atomic mass is 32.2. The van der Waals surface area contributed by atoms with Crippen molar-refractivity contribution in [2.24, 2.45) is 0 Å². The van der Waals surface area contributed by atoms with Crippen molar-refractivity contribution in [3.63, 3.8) is 0 Å². The molecule has 0 aliphatic heterocycles. The molecule has 0 aliphatic rings. The molecule has 0 radical (unpaired) electrons. The summed E-state index contributed by atoms with van der Waals surface area (Å²) in [5.41, 5.74) is 2.98. The highest BCUT2D eigenvalue weighted by Crippen LogP contribution is 2.31. The van der Waals surface area contributed by atoms with Gasteiger partial charge in [-0.1, -0.05) is 62.0 Å². The molecule has 2 aromatic carbocycles. The largest absolute Gasteiger partial charge is 0.325 e. The van der Waals surface area contributed by atoms with E-state index in [9.17, 15) is 4.79 Å². The van der Waals surface area contributed by atoms with Gasteiger partial charge in [0.05, 0.1) is 10.8 Å². The first-order valence-electron chi connectivity index (χ1n) is 9.29. The zero-order valence-corrected chi connectivity index (χ0v) is 17.0. The topological polar surface area (TPSA) is 54.9 Å². The minimum absolute atomic E-state index is 0.0175. The van der Waals surface area contributed by atoms with Crippen molar-refractivity contribution in [2.75, 3.05) is 5.32 Å². The van der Waals surface area contributed by atoms with E-state index in [0.29, 0.717) is 11.7 Å². The summed E-state index contributed by atoms with van der Waals surface area (Å²) in [5.74, 6) is 1.10. The van der Waals surface area contributed by atoms with Crippen LogP contribution in [-0.2, 0) is 4.79 Å². The molecule has 0 bridgehead atoms. The van der Waals surface area contributed by atoms with Crippen LogP contribution < -0.4 is 5.32 Å². The number of anilines is 1. The van der Waals surface area contributed by atoms with Crippen LogP contribution in [0.2, 0.25) is 0 Å². The number of rotatable bonds is 6. The normalized spacial score (nSPS) is 13.3. The first kappa shape index (κ1) is 19.4. The second-order valence-corrected chi connectivity index (χ2v) is 8.07. The third kappa shape index (κ3) is 4.48.